The maximum Gasteiger partial charge on any atom is 0.159 e. The Labute approximate surface area is 129 Å². The molecule has 0 fully saturated rings. The van der Waals surface area contributed by atoms with E-state index in [0.29, 0.717) is 11.4 Å². The molecular formula is C19H15N3. The summed E-state index contributed by atoms with van der Waals surface area (Å²) >= 11 is 0. The van der Waals surface area contributed by atoms with Crippen LogP contribution < -0.4 is 0 Å². The van der Waals surface area contributed by atoms with Gasteiger partial charge in [-0.3, -0.25) is 0 Å². The minimum absolute atomic E-state index is 0.636. The van der Waals surface area contributed by atoms with Gasteiger partial charge in [0.25, 0.3) is 0 Å². The highest BCUT2D eigenvalue weighted by Gasteiger charge is 2.03. The van der Waals surface area contributed by atoms with Crippen LogP contribution >= 0.6 is 0 Å². The first kappa shape index (κ1) is 14.0. The number of hydrogen-bond donors (Lipinski definition) is 0. The van der Waals surface area contributed by atoms with Gasteiger partial charge in [0.2, 0.25) is 0 Å². The largest absolute Gasteiger partial charge is 0.236 e. The van der Waals surface area contributed by atoms with Crippen molar-refractivity contribution in [3.8, 4) is 28.6 Å². The Morgan fingerprint density at radius 1 is 0.818 bits per heavy atom. The lowest BCUT2D eigenvalue weighted by molar-refractivity contribution is 1.14. The number of aromatic nitrogens is 2. The molecule has 3 heteroatoms. The predicted octanol–water partition coefficient (Wildman–Crippen LogP) is 4.24. The molecule has 0 N–H and O–H groups in total. The first-order valence-electron chi connectivity index (χ1n) is 7.22. The van der Waals surface area contributed by atoms with Crippen molar-refractivity contribution in [1.29, 1.82) is 5.26 Å². The fraction of sp³-hybridized carbons (Fsp3) is 0.105. The van der Waals surface area contributed by atoms with E-state index >= 15 is 0 Å². The number of nitriles is 1. The topological polar surface area (TPSA) is 49.6 Å². The van der Waals surface area contributed by atoms with Crippen LogP contribution in [0, 0.1) is 11.3 Å². The molecule has 0 radical (unpaired) electrons. The molecule has 3 aromatic rings. The van der Waals surface area contributed by atoms with E-state index in [-0.39, 0.29) is 0 Å². The third kappa shape index (κ3) is 2.87. The summed E-state index contributed by atoms with van der Waals surface area (Å²) in [5.41, 5.74) is 4.98. The zero-order valence-electron chi connectivity index (χ0n) is 12.3. The van der Waals surface area contributed by atoms with Gasteiger partial charge in [0.15, 0.2) is 5.82 Å². The molecule has 0 aliphatic heterocycles. The molecule has 0 atom stereocenters. The van der Waals surface area contributed by atoms with Crippen LogP contribution in [-0.2, 0) is 6.42 Å². The Morgan fingerprint density at radius 2 is 1.41 bits per heavy atom. The summed E-state index contributed by atoms with van der Waals surface area (Å²) < 4.78 is 0. The molecule has 0 amide bonds. The lowest BCUT2D eigenvalue weighted by Gasteiger charge is -2.04. The van der Waals surface area contributed by atoms with Crippen molar-refractivity contribution in [1.82, 2.24) is 9.97 Å². The Hall–Kier alpha value is -2.99. The second-order valence-corrected chi connectivity index (χ2v) is 5.03. The van der Waals surface area contributed by atoms with Crippen LogP contribution in [0.1, 0.15) is 18.1 Å². The van der Waals surface area contributed by atoms with Crippen LogP contribution in [0.2, 0.25) is 0 Å². The van der Waals surface area contributed by atoms with E-state index in [0.717, 1.165) is 23.1 Å². The maximum absolute atomic E-state index is 8.82. The van der Waals surface area contributed by atoms with Gasteiger partial charge in [0.05, 0.1) is 11.6 Å². The zero-order valence-corrected chi connectivity index (χ0v) is 12.3. The SMILES string of the molecule is CCc1ccc(-c2cnc(-c3ccc(C#N)cc3)nc2)cc1. The second kappa shape index (κ2) is 6.19. The predicted molar refractivity (Wildman–Crippen MR) is 87.0 cm³/mol. The molecule has 0 saturated carbocycles. The summed E-state index contributed by atoms with van der Waals surface area (Å²) in [5, 5.41) is 8.82. The number of rotatable bonds is 3. The Balaban J connectivity index is 1.86. The van der Waals surface area contributed by atoms with Crippen molar-refractivity contribution in [2.45, 2.75) is 13.3 Å². The molecule has 106 valence electrons. The molecule has 0 unspecified atom stereocenters. The monoisotopic (exact) mass is 285 g/mol. The summed E-state index contributed by atoms with van der Waals surface area (Å²) in [6.07, 6.45) is 4.71. The third-order valence-corrected chi connectivity index (χ3v) is 3.62. The van der Waals surface area contributed by atoms with E-state index in [1.165, 1.54) is 5.56 Å². The van der Waals surface area contributed by atoms with Crippen molar-refractivity contribution in [3.63, 3.8) is 0 Å². The third-order valence-electron chi connectivity index (χ3n) is 3.62. The molecular weight excluding hydrogens is 270 g/mol. The minimum Gasteiger partial charge on any atom is -0.236 e. The van der Waals surface area contributed by atoms with Gasteiger partial charge in [-0.2, -0.15) is 5.26 Å². The van der Waals surface area contributed by atoms with Crippen molar-refractivity contribution < 1.29 is 0 Å². The molecule has 0 aliphatic carbocycles. The number of nitrogens with zero attached hydrogens (tertiary/aromatic N) is 3. The van der Waals surface area contributed by atoms with Crippen molar-refractivity contribution in [2.75, 3.05) is 0 Å². The van der Waals surface area contributed by atoms with Gasteiger partial charge in [-0.1, -0.05) is 31.2 Å². The number of hydrogen-bond acceptors (Lipinski definition) is 3. The summed E-state index contributed by atoms with van der Waals surface area (Å²) in [6.45, 7) is 2.14. The van der Waals surface area contributed by atoms with E-state index < -0.39 is 0 Å². The van der Waals surface area contributed by atoms with Crippen LogP contribution in [0.5, 0.6) is 0 Å². The summed E-state index contributed by atoms with van der Waals surface area (Å²) in [5.74, 6) is 0.665. The maximum atomic E-state index is 8.82. The quantitative estimate of drug-likeness (QED) is 0.723. The molecule has 22 heavy (non-hydrogen) atoms. The van der Waals surface area contributed by atoms with E-state index in [1.54, 1.807) is 12.1 Å². The Bertz CT molecular complexity index is 795. The molecule has 3 nitrogen and oxygen atoms in total. The lowest BCUT2D eigenvalue weighted by Crippen LogP contribution is -1.90. The van der Waals surface area contributed by atoms with Gasteiger partial charge >= 0.3 is 0 Å². The second-order valence-electron chi connectivity index (χ2n) is 5.03. The first-order valence-corrected chi connectivity index (χ1v) is 7.22. The average molecular weight is 285 g/mol. The van der Waals surface area contributed by atoms with Gasteiger partial charge in [-0.05, 0) is 41.8 Å². The Morgan fingerprint density at radius 3 is 1.95 bits per heavy atom. The van der Waals surface area contributed by atoms with Gasteiger partial charge in [0.1, 0.15) is 0 Å². The van der Waals surface area contributed by atoms with Gasteiger partial charge in [0, 0.05) is 23.5 Å². The molecule has 0 bridgehead atoms. The molecule has 0 aliphatic rings. The summed E-state index contributed by atoms with van der Waals surface area (Å²) in [7, 11) is 0. The first-order chi connectivity index (χ1) is 10.8. The fourth-order valence-electron chi connectivity index (χ4n) is 2.25. The minimum atomic E-state index is 0.636. The van der Waals surface area contributed by atoms with Crippen molar-refractivity contribution in [3.05, 3.63) is 72.1 Å². The Kier molecular flexibility index (Phi) is 3.93. The van der Waals surface area contributed by atoms with E-state index in [4.69, 9.17) is 5.26 Å². The normalized spacial score (nSPS) is 10.2. The van der Waals surface area contributed by atoms with Crippen LogP contribution in [0.4, 0.5) is 0 Å². The fourth-order valence-corrected chi connectivity index (χ4v) is 2.25. The standard InChI is InChI=1S/C19H15N3/c1-2-14-3-7-16(8-4-14)18-12-21-19(22-13-18)17-9-5-15(11-20)6-10-17/h3-10,12-13H,2H2,1H3. The van der Waals surface area contributed by atoms with E-state index in [9.17, 15) is 0 Å². The summed E-state index contributed by atoms with van der Waals surface area (Å²) in [4.78, 5) is 8.86. The van der Waals surface area contributed by atoms with Crippen LogP contribution in [-0.4, -0.2) is 9.97 Å². The molecule has 0 saturated heterocycles. The average Bonchev–Trinajstić information content (AvgIpc) is 2.62. The number of benzene rings is 2. The van der Waals surface area contributed by atoms with Gasteiger partial charge in [-0.15, -0.1) is 0 Å². The van der Waals surface area contributed by atoms with E-state index in [1.807, 2.05) is 24.5 Å². The van der Waals surface area contributed by atoms with Crippen LogP contribution in [0.25, 0.3) is 22.5 Å². The zero-order chi connectivity index (χ0) is 15.4. The highest BCUT2D eigenvalue weighted by atomic mass is 14.9. The van der Waals surface area contributed by atoms with Crippen LogP contribution in [0.15, 0.2) is 60.9 Å². The lowest BCUT2D eigenvalue weighted by atomic mass is 10.1. The van der Waals surface area contributed by atoms with Gasteiger partial charge < -0.3 is 0 Å². The molecule has 3 rings (SSSR count). The number of aryl methyl sites for hydroxylation is 1. The molecule has 2 aromatic carbocycles. The van der Waals surface area contributed by atoms with Crippen LogP contribution in [0.3, 0.4) is 0 Å². The summed E-state index contributed by atoms with van der Waals surface area (Å²) in [6, 6.07) is 17.8. The van der Waals surface area contributed by atoms with E-state index in [2.05, 4.69) is 47.2 Å². The van der Waals surface area contributed by atoms with Gasteiger partial charge in [-0.25, -0.2) is 9.97 Å². The smallest absolute Gasteiger partial charge is 0.159 e. The molecule has 1 heterocycles. The van der Waals surface area contributed by atoms with Crippen molar-refractivity contribution >= 4 is 0 Å². The van der Waals surface area contributed by atoms with Crippen molar-refractivity contribution in [2.24, 2.45) is 0 Å². The molecule has 0 spiro atoms. The highest BCUT2D eigenvalue weighted by Crippen LogP contribution is 2.21. The highest BCUT2D eigenvalue weighted by molar-refractivity contribution is 5.64. The molecule has 1 aromatic heterocycles.